The van der Waals surface area contributed by atoms with E-state index in [0.29, 0.717) is 31.9 Å². The third-order valence-corrected chi connectivity index (χ3v) is 6.34. The Morgan fingerprint density at radius 1 is 1.29 bits per heavy atom. The molecular formula is C15H21N3O5S. The molecule has 2 aliphatic rings. The van der Waals surface area contributed by atoms with Gasteiger partial charge in [-0.2, -0.15) is 4.31 Å². The first-order valence-corrected chi connectivity index (χ1v) is 9.56. The van der Waals surface area contributed by atoms with E-state index in [1.807, 2.05) is 0 Å². The van der Waals surface area contributed by atoms with Crippen LogP contribution in [0.5, 0.6) is 0 Å². The summed E-state index contributed by atoms with van der Waals surface area (Å²) in [7, 11) is -3.75. The highest BCUT2D eigenvalue weighted by Gasteiger charge is 2.31. The fraction of sp³-hybridized carbons (Fsp3) is 0.600. The Hall–Kier alpha value is -1.71. The summed E-state index contributed by atoms with van der Waals surface area (Å²) in [5, 5.41) is 14.1. The quantitative estimate of drug-likeness (QED) is 0.618. The molecule has 0 aliphatic carbocycles. The maximum absolute atomic E-state index is 12.9. The number of nitrogens with one attached hydrogen (secondary N) is 1. The van der Waals surface area contributed by atoms with Crippen molar-refractivity contribution < 1.29 is 18.1 Å². The van der Waals surface area contributed by atoms with E-state index in [0.717, 1.165) is 31.7 Å². The van der Waals surface area contributed by atoms with Crippen LogP contribution in [0.4, 0.5) is 11.4 Å². The minimum Gasteiger partial charge on any atom is -0.381 e. The zero-order chi connectivity index (χ0) is 17.2. The Bertz CT molecular complexity index is 710. The summed E-state index contributed by atoms with van der Waals surface area (Å²) >= 11 is 0. The molecule has 3 rings (SSSR count). The van der Waals surface area contributed by atoms with Gasteiger partial charge in [-0.05, 0) is 31.7 Å². The monoisotopic (exact) mass is 355 g/mol. The number of nitro groups is 1. The van der Waals surface area contributed by atoms with Gasteiger partial charge in [-0.3, -0.25) is 10.1 Å². The Labute approximate surface area is 141 Å². The van der Waals surface area contributed by atoms with Gasteiger partial charge in [-0.15, -0.1) is 0 Å². The van der Waals surface area contributed by atoms with Crippen molar-refractivity contribution >= 4 is 21.4 Å². The summed E-state index contributed by atoms with van der Waals surface area (Å²) in [4.78, 5) is 10.4. The Balaban J connectivity index is 1.90. The normalized spacial score (nSPS) is 21.9. The predicted octanol–water partition coefficient (Wildman–Crippen LogP) is 1.97. The standard InChI is InChI=1S/C15H21N3O5S/c19-18(20)12-5-6-14(16-11-13-4-3-9-23-13)15(10-12)24(21,22)17-7-1-2-8-17/h5-6,10,13,16H,1-4,7-9,11H2. The lowest BCUT2D eigenvalue weighted by Crippen LogP contribution is -2.29. The second-order valence-corrected chi connectivity index (χ2v) is 7.97. The minimum absolute atomic E-state index is 0.0309. The highest BCUT2D eigenvalue weighted by atomic mass is 32.2. The van der Waals surface area contributed by atoms with Crippen molar-refractivity contribution in [1.29, 1.82) is 0 Å². The number of hydrogen-bond donors (Lipinski definition) is 1. The molecule has 1 aromatic carbocycles. The van der Waals surface area contributed by atoms with Crippen LogP contribution in [0.25, 0.3) is 0 Å². The van der Waals surface area contributed by atoms with E-state index in [4.69, 9.17) is 4.74 Å². The summed E-state index contributed by atoms with van der Waals surface area (Å²) < 4.78 is 32.6. The fourth-order valence-electron chi connectivity index (χ4n) is 3.08. The second kappa shape index (κ2) is 7.04. The van der Waals surface area contributed by atoms with Crippen LogP contribution < -0.4 is 5.32 Å². The molecule has 2 saturated heterocycles. The Morgan fingerprint density at radius 2 is 2.04 bits per heavy atom. The Kier molecular flexibility index (Phi) is 5.02. The predicted molar refractivity (Wildman–Crippen MR) is 88.6 cm³/mol. The van der Waals surface area contributed by atoms with Crippen molar-refractivity contribution in [3.63, 3.8) is 0 Å². The van der Waals surface area contributed by atoms with Crippen molar-refractivity contribution in [1.82, 2.24) is 4.31 Å². The topological polar surface area (TPSA) is 102 Å². The van der Waals surface area contributed by atoms with Crippen molar-refractivity contribution in [2.45, 2.75) is 36.7 Å². The fourth-order valence-corrected chi connectivity index (χ4v) is 4.79. The molecule has 0 radical (unpaired) electrons. The molecule has 0 bridgehead atoms. The van der Waals surface area contributed by atoms with Gasteiger partial charge in [0.25, 0.3) is 5.69 Å². The lowest BCUT2D eigenvalue weighted by atomic mass is 10.2. The minimum atomic E-state index is -3.75. The van der Waals surface area contributed by atoms with Crippen molar-refractivity contribution in [3.05, 3.63) is 28.3 Å². The second-order valence-electron chi connectivity index (χ2n) is 6.06. The third-order valence-electron chi connectivity index (χ3n) is 4.40. The SMILES string of the molecule is O=[N+]([O-])c1ccc(NCC2CCCO2)c(S(=O)(=O)N2CCCC2)c1. The molecule has 0 amide bonds. The smallest absolute Gasteiger partial charge is 0.270 e. The van der Waals surface area contributed by atoms with Crippen LogP contribution in [-0.2, 0) is 14.8 Å². The van der Waals surface area contributed by atoms with E-state index in [1.54, 1.807) is 0 Å². The van der Waals surface area contributed by atoms with Gasteiger partial charge in [-0.1, -0.05) is 0 Å². The molecule has 0 saturated carbocycles. The molecule has 2 heterocycles. The molecule has 1 aromatic rings. The number of non-ortho nitro benzene ring substituents is 1. The summed E-state index contributed by atoms with van der Waals surface area (Å²) in [6.07, 6.45) is 3.59. The van der Waals surface area contributed by atoms with E-state index in [2.05, 4.69) is 5.32 Å². The first kappa shape index (κ1) is 17.1. The van der Waals surface area contributed by atoms with Crippen molar-refractivity contribution in [2.75, 3.05) is 31.6 Å². The lowest BCUT2D eigenvalue weighted by Gasteiger charge is -2.19. The molecule has 8 nitrogen and oxygen atoms in total. The van der Waals surface area contributed by atoms with Crippen LogP contribution in [0.15, 0.2) is 23.1 Å². The van der Waals surface area contributed by atoms with Crippen LogP contribution >= 0.6 is 0 Å². The summed E-state index contributed by atoms with van der Waals surface area (Å²) in [5.41, 5.74) is 0.165. The zero-order valence-corrected chi connectivity index (χ0v) is 14.1. The van der Waals surface area contributed by atoms with Gasteiger partial charge in [0.05, 0.1) is 16.7 Å². The maximum atomic E-state index is 12.9. The van der Waals surface area contributed by atoms with Crippen LogP contribution in [-0.4, -0.2) is 50.0 Å². The molecule has 0 spiro atoms. The molecule has 1 N–H and O–H groups in total. The van der Waals surface area contributed by atoms with E-state index in [-0.39, 0.29) is 16.7 Å². The van der Waals surface area contributed by atoms with Gasteiger partial charge in [-0.25, -0.2) is 8.42 Å². The van der Waals surface area contributed by atoms with Gasteiger partial charge in [0.2, 0.25) is 10.0 Å². The zero-order valence-electron chi connectivity index (χ0n) is 13.3. The number of ether oxygens (including phenoxy) is 1. The number of sulfonamides is 1. The van der Waals surface area contributed by atoms with E-state index in [1.165, 1.54) is 16.4 Å². The molecule has 2 aliphatic heterocycles. The average Bonchev–Trinajstić information content (AvgIpc) is 3.26. The number of nitro benzene ring substituents is 1. The molecule has 1 atom stereocenters. The van der Waals surface area contributed by atoms with Crippen LogP contribution in [0.2, 0.25) is 0 Å². The van der Waals surface area contributed by atoms with E-state index < -0.39 is 14.9 Å². The number of hydrogen-bond acceptors (Lipinski definition) is 6. The van der Waals surface area contributed by atoms with Gasteiger partial charge in [0.15, 0.2) is 0 Å². The van der Waals surface area contributed by atoms with E-state index in [9.17, 15) is 18.5 Å². The average molecular weight is 355 g/mol. The van der Waals surface area contributed by atoms with Gasteiger partial charge in [0.1, 0.15) is 4.90 Å². The number of nitrogens with zero attached hydrogens (tertiary/aromatic N) is 2. The van der Waals surface area contributed by atoms with Crippen LogP contribution in [0.1, 0.15) is 25.7 Å². The molecule has 2 fully saturated rings. The summed E-state index contributed by atoms with van der Waals surface area (Å²) in [5.74, 6) is 0. The van der Waals surface area contributed by atoms with Gasteiger partial charge in [0, 0.05) is 38.4 Å². The molecular weight excluding hydrogens is 334 g/mol. The van der Waals surface area contributed by atoms with Crippen LogP contribution in [0.3, 0.4) is 0 Å². The lowest BCUT2D eigenvalue weighted by molar-refractivity contribution is -0.385. The van der Waals surface area contributed by atoms with Crippen LogP contribution in [0, 0.1) is 10.1 Å². The molecule has 9 heteroatoms. The van der Waals surface area contributed by atoms with Crippen molar-refractivity contribution in [2.24, 2.45) is 0 Å². The number of rotatable bonds is 6. The number of anilines is 1. The van der Waals surface area contributed by atoms with Gasteiger partial charge < -0.3 is 10.1 Å². The summed E-state index contributed by atoms with van der Waals surface area (Å²) in [6, 6.07) is 3.93. The van der Waals surface area contributed by atoms with Gasteiger partial charge >= 0.3 is 0 Å². The summed E-state index contributed by atoms with van der Waals surface area (Å²) in [6.45, 7) is 2.11. The number of benzene rings is 1. The highest BCUT2D eigenvalue weighted by Crippen LogP contribution is 2.31. The first-order chi connectivity index (χ1) is 11.5. The molecule has 132 valence electrons. The molecule has 24 heavy (non-hydrogen) atoms. The third kappa shape index (κ3) is 3.52. The highest BCUT2D eigenvalue weighted by molar-refractivity contribution is 7.89. The molecule has 0 aromatic heterocycles. The molecule has 1 unspecified atom stereocenters. The Morgan fingerprint density at radius 3 is 2.67 bits per heavy atom. The first-order valence-electron chi connectivity index (χ1n) is 8.12. The maximum Gasteiger partial charge on any atom is 0.270 e. The van der Waals surface area contributed by atoms with Crippen molar-refractivity contribution in [3.8, 4) is 0 Å². The largest absolute Gasteiger partial charge is 0.381 e. The van der Waals surface area contributed by atoms with E-state index >= 15 is 0 Å².